The normalized spacial score (nSPS) is 14.5. The maximum absolute atomic E-state index is 14.4. The van der Waals surface area contributed by atoms with E-state index in [4.69, 9.17) is 18.9 Å². The number of benzene rings is 3. The molecule has 5 rings (SSSR count). The van der Waals surface area contributed by atoms with Gasteiger partial charge in [-0.05, 0) is 36.4 Å². The fourth-order valence-electron chi connectivity index (χ4n) is 3.25. The van der Waals surface area contributed by atoms with Crippen LogP contribution in [0.5, 0.6) is 23.0 Å². The first kappa shape index (κ1) is 15.4. The third-order valence-electron chi connectivity index (χ3n) is 4.56. The van der Waals surface area contributed by atoms with Crippen molar-refractivity contribution in [3.05, 3.63) is 66.7 Å². The van der Waals surface area contributed by atoms with Gasteiger partial charge in [0.1, 0.15) is 0 Å². The molecule has 0 N–H and O–H groups in total. The number of fused-ring (bicyclic) bond motifs is 2. The Kier molecular flexibility index (Phi) is 3.44. The fourth-order valence-corrected chi connectivity index (χ4v) is 5.90. The summed E-state index contributed by atoms with van der Waals surface area (Å²) < 4.78 is 36.2. The molecule has 0 unspecified atom stereocenters. The molecule has 0 radical (unpaired) electrons. The van der Waals surface area contributed by atoms with E-state index in [0.29, 0.717) is 33.6 Å². The second-order valence-corrected chi connectivity index (χ2v) is 8.79. The van der Waals surface area contributed by atoms with Crippen molar-refractivity contribution >= 4 is 23.1 Å². The largest absolute Gasteiger partial charge is 0.454 e. The van der Waals surface area contributed by atoms with E-state index in [1.54, 1.807) is 24.3 Å². The Bertz CT molecular complexity index is 970. The van der Waals surface area contributed by atoms with Gasteiger partial charge in [0.2, 0.25) is 13.6 Å². The van der Waals surface area contributed by atoms with Crippen LogP contribution in [0.3, 0.4) is 0 Å². The van der Waals surface area contributed by atoms with Crippen molar-refractivity contribution in [1.29, 1.82) is 0 Å². The number of ether oxygens (including phenoxy) is 4. The fraction of sp³-hybridized carbons (Fsp3) is 0.100. The molecular weight excluding hydrogens is 351 g/mol. The highest BCUT2D eigenvalue weighted by molar-refractivity contribution is 7.85. The lowest BCUT2D eigenvalue weighted by molar-refractivity contribution is 0.173. The van der Waals surface area contributed by atoms with Crippen LogP contribution >= 0.6 is 7.14 Å². The van der Waals surface area contributed by atoms with Crippen molar-refractivity contribution in [3.8, 4) is 23.0 Å². The summed E-state index contributed by atoms with van der Waals surface area (Å²) in [5.41, 5.74) is 0. The Hall–Kier alpha value is -2.91. The Morgan fingerprint density at radius 1 is 0.577 bits per heavy atom. The smallest absolute Gasteiger partial charge is 0.231 e. The molecule has 0 spiro atoms. The van der Waals surface area contributed by atoms with E-state index in [9.17, 15) is 4.57 Å². The quantitative estimate of drug-likeness (QED) is 0.668. The minimum atomic E-state index is -3.11. The van der Waals surface area contributed by atoms with Crippen molar-refractivity contribution in [3.63, 3.8) is 0 Å². The standard InChI is InChI=1S/C20H15O5P/c21-26(14-4-2-1-3-5-14,15-6-8-17-19(10-15)24-12-22-17)16-7-9-18-20(11-16)25-13-23-18/h1-11H,12-13H2. The van der Waals surface area contributed by atoms with Gasteiger partial charge in [0.15, 0.2) is 30.1 Å². The van der Waals surface area contributed by atoms with Crippen LogP contribution in [-0.2, 0) is 4.57 Å². The van der Waals surface area contributed by atoms with Gasteiger partial charge in [-0.15, -0.1) is 0 Å². The SMILES string of the molecule is O=P(c1ccccc1)(c1ccc2c(c1)OCO2)c1ccc2c(c1)OCO2. The first-order valence-electron chi connectivity index (χ1n) is 8.21. The highest BCUT2D eigenvalue weighted by Crippen LogP contribution is 2.46. The molecule has 0 atom stereocenters. The van der Waals surface area contributed by atoms with E-state index >= 15 is 0 Å². The predicted octanol–water partition coefficient (Wildman–Crippen LogP) is 2.78. The molecule has 0 aliphatic carbocycles. The minimum absolute atomic E-state index is 0.179. The molecule has 2 aliphatic heterocycles. The predicted molar refractivity (Wildman–Crippen MR) is 98.1 cm³/mol. The van der Waals surface area contributed by atoms with E-state index < -0.39 is 7.14 Å². The summed E-state index contributed by atoms with van der Waals surface area (Å²) >= 11 is 0. The molecule has 2 aliphatic rings. The van der Waals surface area contributed by atoms with Gasteiger partial charge in [0.05, 0.1) is 0 Å². The van der Waals surface area contributed by atoms with E-state index in [-0.39, 0.29) is 13.6 Å². The lowest BCUT2D eigenvalue weighted by atomic mass is 10.3. The Balaban J connectivity index is 1.73. The second-order valence-electron chi connectivity index (χ2n) is 6.02. The molecule has 130 valence electrons. The Morgan fingerprint density at radius 3 is 1.62 bits per heavy atom. The van der Waals surface area contributed by atoms with Gasteiger partial charge in [-0.1, -0.05) is 30.3 Å². The topological polar surface area (TPSA) is 54.0 Å². The summed E-state index contributed by atoms with van der Waals surface area (Å²) in [5, 5.41) is 2.12. The van der Waals surface area contributed by atoms with Crippen LogP contribution in [0.25, 0.3) is 0 Å². The van der Waals surface area contributed by atoms with E-state index in [0.717, 1.165) is 5.30 Å². The van der Waals surface area contributed by atoms with Gasteiger partial charge in [0.25, 0.3) is 0 Å². The van der Waals surface area contributed by atoms with Gasteiger partial charge in [-0.3, -0.25) is 0 Å². The summed E-state index contributed by atoms with van der Waals surface area (Å²) in [6.45, 7) is 0.358. The highest BCUT2D eigenvalue weighted by Gasteiger charge is 2.33. The molecule has 0 saturated heterocycles. The zero-order chi connectivity index (χ0) is 17.6. The first-order chi connectivity index (χ1) is 12.7. The van der Waals surface area contributed by atoms with Crippen molar-refractivity contribution < 1.29 is 23.5 Å². The van der Waals surface area contributed by atoms with Crippen LogP contribution in [0, 0.1) is 0 Å². The maximum Gasteiger partial charge on any atom is 0.231 e. The molecule has 0 amide bonds. The van der Waals surface area contributed by atoms with Crippen molar-refractivity contribution in [1.82, 2.24) is 0 Å². The van der Waals surface area contributed by atoms with Gasteiger partial charge < -0.3 is 23.5 Å². The highest BCUT2D eigenvalue weighted by atomic mass is 31.2. The summed E-state index contributed by atoms with van der Waals surface area (Å²) in [6.07, 6.45) is 0. The van der Waals surface area contributed by atoms with Gasteiger partial charge in [-0.2, -0.15) is 0 Å². The van der Waals surface area contributed by atoms with E-state index in [1.807, 2.05) is 42.5 Å². The third kappa shape index (κ3) is 2.28. The molecule has 0 saturated carbocycles. The average Bonchev–Trinajstić information content (AvgIpc) is 3.35. The molecule has 0 aromatic heterocycles. The molecular formula is C20H15O5P. The monoisotopic (exact) mass is 366 g/mol. The van der Waals surface area contributed by atoms with Crippen LogP contribution in [0.1, 0.15) is 0 Å². The van der Waals surface area contributed by atoms with Crippen LogP contribution in [0.15, 0.2) is 66.7 Å². The van der Waals surface area contributed by atoms with E-state index in [2.05, 4.69) is 0 Å². The van der Waals surface area contributed by atoms with Crippen molar-refractivity contribution in [2.45, 2.75) is 0 Å². The molecule has 0 fully saturated rings. The van der Waals surface area contributed by atoms with Crippen LogP contribution in [0.2, 0.25) is 0 Å². The summed E-state index contributed by atoms with van der Waals surface area (Å²) in [7, 11) is -3.11. The summed E-state index contributed by atoms with van der Waals surface area (Å²) in [4.78, 5) is 0. The summed E-state index contributed by atoms with van der Waals surface area (Å²) in [6, 6.07) is 20.4. The molecule has 6 heteroatoms. The Morgan fingerprint density at radius 2 is 1.08 bits per heavy atom. The molecule has 26 heavy (non-hydrogen) atoms. The molecule has 5 nitrogen and oxygen atoms in total. The lowest BCUT2D eigenvalue weighted by Crippen LogP contribution is -2.25. The number of rotatable bonds is 3. The zero-order valence-electron chi connectivity index (χ0n) is 13.8. The van der Waals surface area contributed by atoms with Crippen molar-refractivity contribution in [2.75, 3.05) is 13.6 Å². The molecule has 0 bridgehead atoms. The number of hydrogen-bond donors (Lipinski definition) is 0. The maximum atomic E-state index is 14.4. The van der Waals surface area contributed by atoms with Gasteiger partial charge in [0, 0.05) is 15.9 Å². The third-order valence-corrected chi connectivity index (χ3v) is 7.60. The Labute approximate surface area is 150 Å². The minimum Gasteiger partial charge on any atom is -0.454 e. The first-order valence-corrected chi connectivity index (χ1v) is 9.92. The van der Waals surface area contributed by atoms with E-state index in [1.165, 1.54) is 0 Å². The average molecular weight is 366 g/mol. The summed E-state index contributed by atoms with van der Waals surface area (Å²) in [5.74, 6) is 2.55. The van der Waals surface area contributed by atoms with Crippen molar-refractivity contribution in [2.24, 2.45) is 0 Å². The second kappa shape index (κ2) is 5.82. The zero-order valence-corrected chi connectivity index (χ0v) is 14.6. The van der Waals surface area contributed by atoms with Crippen LogP contribution in [-0.4, -0.2) is 13.6 Å². The molecule has 3 aromatic carbocycles. The molecule has 3 aromatic rings. The van der Waals surface area contributed by atoms with Gasteiger partial charge >= 0.3 is 0 Å². The lowest BCUT2D eigenvalue weighted by Gasteiger charge is -2.20. The molecule has 2 heterocycles. The van der Waals surface area contributed by atoms with Gasteiger partial charge in [-0.25, -0.2) is 0 Å². The number of hydrogen-bond acceptors (Lipinski definition) is 5. The van der Waals surface area contributed by atoms with Crippen LogP contribution in [0.4, 0.5) is 0 Å². The van der Waals surface area contributed by atoms with Crippen LogP contribution < -0.4 is 34.9 Å².